The van der Waals surface area contributed by atoms with E-state index in [1.54, 1.807) is 48.5 Å². The van der Waals surface area contributed by atoms with E-state index in [4.69, 9.17) is 10.3 Å². The molecule has 1 unspecified atom stereocenters. The first-order valence-electron chi connectivity index (χ1n) is 8.92. The summed E-state index contributed by atoms with van der Waals surface area (Å²) in [5.41, 5.74) is 5.97. The maximum atomic E-state index is 13.7. The second-order valence-electron chi connectivity index (χ2n) is 6.58. The third-order valence-corrected chi connectivity index (χ3v) is 7.14. The van der Waals surface area contributed by atoms with Crippen LogP contribution in [0.3, 0.4) is 0 Å². The zero-order valence-corrected chi connectivity index (χ0v) is 15.8. The van der Waals surface area contributed by atoms with Crippen molar-refractivity contribution in [3.63, 3.8) is 0 Å². The van der Waals surface area contributed by atoms with Crippen LogP contribution in [0.4, 0.5) is 0 Å². The van der Waals surface area contributed by atoms with Crippen molar-refractivity contribution in [3.8, 4) is 0 Å². The molecule has 0 spiro atoms. The largest absolute Gasteiger partial charge is 0.356 e. The van der Waals surface area contributed by atoms with Crippen molar-refractivity contribution in [2.45, 2.75) is 18.9 Å². The van der Waals surface area contributed by atoms with Crippen LogP contribution in [0.2, 0.25) is 0 Å². The lowest BCUT2D eigenvalue weighted by molar-refractivity contribution is -0.124. The fourth-order valence-electron chi connectivity index (χ4n) is 3.12. The number of carbonyl (C=O) groups is 2. The lowest BCUT2D eigenvalue weighted by atomic mass is 9.97. The third-order valence-electron chi connectivity index (χ3n) is 4.70. The first kappa shape index (κ1) is 19.5. The van der Waals surface area contributed by atoms with Gasteiger partial charge in [0.15, 0.2) is 5.78 Å². The summed E-state index contributed by atoms with van der Waals surface area (Å²) in [7, 11) is -3.42. The van der Waals surface area contributed by atoms with E-state index < -0.39 is 13.4 Å². The van der Waals surface area contributed by atoms with Crippen molar-refractivity contribution in [1.29, 1.82) is 0 Å². The van der Waals surface area contributed by atoms with Gasteiger partial charge in [-0.25, -0.2) is 0 Å². The second-order valence-corrected chi connectivity index (χ2v) is 8.98. The lowest BCUT2D eigenvalue weighted by Crippen LogP contribution is -2.37. The Labute approximate surface area is 158 Å². The predicted octanol–water partition coefficient (Wildman–Crippen LogP) is 1.35. The van der Waals surface area contributed by atoms with Crippen LogP contribution < -0.4 is 21.7 Å². The summed E-state index contributed by atoms with van der Waals surface area (Å²) in [6.45, 7) is 0.245. The number of nitrogens with two attached hydrogens (primary N) is 1. The Morgan fingerprint density at radius 2 is 1.67 bits per heavy atom. The molecule has 1 heterocycles. The number of rotatable bonds is 8. The van der Waals surface area contributed by atoms with Crippen molar-refractivity contribution in [3.05, 3.63) is 60.7 Å². The molecule has 0 aromatic heterocycles. The third kappa shape index (κ3) is 4.53. The van der Waals surface area contributed by atoms with Gasteiger partial charge in [0.2, 0.25) is 5.91 Å². The molecule has 3 N–H and O–H groups in total. The van der Waals surface area contributed by atoms with Crippen LogP contribution in [0.5, 0.6) is 0 Å². The van der Waals surface area contributed by atoms with E-state index in [0.29, 0.717) is 23.6 Å². The Hall–Kier alpha value is -2.27. The molecule has 1 fully saturated rings. The molecule has 0 radical (unpaired) electrons. The standard InChI is InChI=1S/C20H23N2O4P/c21-18(13-15-11-12-22-20(15)24)19(23)14-26-27(25,16-7-3-1-4-8-16)17-9-5-2-6-10-17/h1-10,15,18H,11-14,21H2,(H,22,24)/t15-,18?/m0/s1. The fourth-order valence-corrected chi connectivity index (χ4v) is 5.15. The number of nitrogens with one attached hydrogen (secondary N) is 1. The molecule has 2 aromatic rings. The zero-order valence-electron chi connectivity index (χ0n) is 14.9. The average molecular weight is 386 g/mol. The molecule has 2 aromatic carbocycles. The quantitative estimate of drug-likeness (QED) is 0.668. The van der Waals surface area contributed by atoms with Crippen LogP contribution >= 0.6 is 7.37 Å². The molecule has 142 valence electrons. The highest BCUT2D eigenvalue weighted by molar-refractivity contribution is 7.74. The Morgan fingerprint density at radius 1 is 1.11 bits per heavy atom. The smallest absolute Gasteiger partial charge is 0.261 e. The van der Waals surface area contributed by atoms with Crippen LogP contribution in [-0.2, 0) is 18.7 Å². The second kappa shape index (κ2) is 8.61. The van der Waals surface area contributed by atoms with E-state index >= 15 is 0 Å². The van der Waals surface area contributed by atoms with Crippen LogP contribution in [0.25, 0.3) is 0 Å². The van der Waals surface area contributed by atoms with Gasteiger partial charge in [-0.15, -0.1) is 0 Å². The van der Waals surface area contributed by atoms with E-state index in [9.17, 15) is 14.2 Å². The van der Waals surface area contributed by atoms with Gasteiger partial charge in [-0.1, -0.05) is 36.4 Å². The molecule has 0 aliphatic carbocycles. The number of Topliss-reactive ketones (excluding diaryl/α,β-unsaturated/α-hetero) is 1. The van der Waals surface area contributed by atoms with Crippen molar-refractivity contribution in [1.82, 2.24) is 5.32 Å². The predicted molar refractivity (Wildman–Crippen MR) is 104 cm³/mol. The number of benzene rings is 2. The molecule has 6 nitrogen and oxygen atoms in total. The van der Waals surface area contributed by atoms with Crippen molar-refractivity contribution in [2.75, 3.05) is 13.2 Å². The minimum atomic E-state index is -3.42. The van der Waals surface area contributed by atoms with Crippen LogP contribution in [0.15, 0.2) is 60.7 Å². The van der Waals surface area contributed by atoms with Gasteiger partial charge in [-0.3, -0.25) is 14.2 Å². The molecule has 27 heavy (non-hydrogen) atoms. The van der Waals surface area contributed by atoms with Crippen molar-refractivity contribution in [2.24, 2.45) is 11.7 Å². The zero-order chi connectivity index (χ0) is 19.3. The summed E-state index contributed by atoms with van der Waals surface area (Å²) in [5.74, 6) is -0.681. The highest BCUT2D eigenvalue weighted by Crippen LogP contribution is 2.44. The maximum absolute atomic E-state index is 13.7. The van der Waals surface area contributed by atoms with Gasteiger partial charge in [0.1, 0.15) is 6.61 Å². The highest BCUT2D eigenvalue weighted by Gasteiger charge is 2.32. The van der Waals surface area contributed by atoms with Gasteiger partial charge < -0.3 is 15.6 Å². The topological polar surface area (TPSA) is 98.5 Å². The van der Waals surface area contributed by atoms with Gasteiger partial charge >= 0.3 is 0 Å². The molecular formula is C20H23N2O4P. The van der Waals surface area contributed by atoms with Gasteiger partial charge in [-0.05, 0) is 37.1 Å². The van der Waals surface area contributed by atoms with Crippen LogP contribution in [0.1, 0.15) is 12.8 Å². The highest BCUT2D eigenvalue weighted by atomic mass is 31.2. The van der Waals surface area contributed by atoms with E-state index in [-0.39, 0.29) is 30.6 Å². The number of hydrogen-bond acceptors (Lipinski definition) is 5. The molecule has 1 aliphatic rings. The van der Waals surface area contributed by atoms with Gasteiger partial charge in [0.25, 0.3) is 7.37 Å². The van der Waals surface area contributed by atoms with Gasteiger partial charge in [0, 0.05) is 23.1 Å². The first-order chi connectivity index (χ1) is 13.0. The molecular weight excluding hydrogens is 363 g/mol. The fraction of sp³-hybridized carbons (Fsp3) is 0.300. The summed E-state index contributed by atoms with van der Waals surface area (Å²) in [6, 6.07) is 16.8. The van der Waals surface area contributed by atoms with E-state index in [1.807, 2.05) is 12.1 Å². The number of hydrogen-bond donors (Lipinski definition) is 2. The summed E-state index contributed by atoms with van der Waals surface area (Å²) in [4.78, 5) is 24.1. The maximum Gasteiger partial charge on any atom is 0.261 e. The molecule has 1 amide bonds. The van der Waals surface area contributed by atoms with E-state index in [1.165, 1.54) is 0 Å². The molecule has 1 aliphatic heterocycles. The summed E-state index contributed by atoms with van der Waals surface area (Å²) >= 11 is 0. The molecule has 0 saturated carbocycles. The molecule has 3 rings (SSSR count). The van der Waals surface area contributed by atoms with Crippen molar-refractivity contribution >= 4 is 29.7 Å². The lowest BCUT2D eigenvalue weighted by Gasteiger charge is -2.20. The minimum absolute atomic E-state index is 0.0709. The molecule has 7 heteroatoms. The summed E-state index contributed by atoms with van der Waals surface area (Å²) in [6.07, 6.45) is 0.947. The molecule has 2 atom stereocenters. The van der Waals surface area contributed by atoms with E-state index in [2.05, 4.69) is 5.32 Å². The minimum Gasteiger partial charge on any atom is -0.356 e. The molecule has 1 saturated heterocycles. The summed E-state index contributed by atoms with van der Waals surface area (Å²) in [5, 5.41) is 3.77. The number of carbonyl (C=O) groups excluding carboxylic acids is 2. The Kier molecular flexibility index (Phi) is 6.22. The molecule has 0 bridgehead atoms. The van der Waals surface area contributed by atoms with Gasteiger partial charge in [0.05, 0.1) is 6.04 Å². The van der Waals surface area contributed by atoms with Gasteiger partial charge in [-0.2, -0.15) is 0 Å². The van der Waals surface area contributed by atoms with Crippen LogP contribution in [0, 0.1) is 5.92 Å². The normalized spacial score (nSPS) is 18.1. The van der Waals surface area contributed by atoms with Crippen molar-refractivity contribution < 1.29 is 18.7 Å². The monoisotopic (exact) mass is 386 g/mol. The summed E-state index contributed by atoms with van der Waals surface area (Å²) < 4.78 is 19.4. The number of amides is 1. The first-order valence-corrected chi connectivity index (χ1v) is 10.5. The SMILES string of the molecule is NC(C[C@@H]1CCNC1=O)C(=O)COP(=O)(c1ccccc1)c1ccccc1. The average Bonchev–Trinajstić information content (AvgIpc) is 3.11. The van der Waals surface area contributed by atoms with Crippen LogP contribution in [-0.4, -0.2) is 30.9 Å². The Morgan fingerprint density at radius 3 is 2.15 bits per heavy atom. The Balaban J connectivity index is 1.72. The Bertz CT molecular complexity index is 798. The number of ketones is 1. The van der Waals surface area contributed by atoms with E-state index in [0.717, 1.165) is 0 Å².